The Morgan fingerprint density at radius 2 is 2.10 bits per heavy atom. The number of halogens is 1. The number of amides is 1. The van der Waals surface area contributed by atoms with Crippen LogP contribution in [-0.4, -0.2) is 35.4 Å². The van der Waals surface area contributed by atoms with Gasteiger partial charge in [-0.2, -0.15) is 0 Å². The number of rotatable bonds is 4. The minimum Gasteiger partial charge on any atom is -0.342 e. The first-order chi connectivity index (χ1) is 10.0. The largest absolute Gasteiger partial charge is 0.342 e. The highest BCUT2D eigenvalue weighted by atomic mass is 35.5. The minimum absolute atomic E-state index is 0.00113. The second-order valence-corrected chi connectivity index (χ2v) is 5.68. The topological polar surface area (TPSA) is 89.5 Å². The molecule has 114 valence electrons. The van der Waals surface area contributed by atoms with Crippen LogP contribution in [-0.2, 0) is 11.2 Å². The standard InChI is InChI=1S/C14H18ClN3O3/c15-13-8-12(18(20)21)2-1-11(13)7-14(19)17-5-3-10(9-16)4-6-17/h1-2,8,10H,3-7,9,16H2. The molecule has 2 N–H and O–H groups in total. The maximum absolute atomic E-state index is 12.2. The number of nitro groups is 1. The lowest BCUT2D eigenvalue weighted by molar-refractivity contribution is -0.384. The molecular formula is C14H18ClN3O3. The van der Waals surface area contributed by atoms with E-state index in [-0.39, 0.29) is 23.0 Å². The van der Waals surface area contributed by atoms with E-state index in [0.717, 1.165) is 12.8 Å². The van der Waals surface area contributed by atoms with Gasteiger partial charge in [0.25, 0.3) is 5.69 Å². The van der Waals surface area contributed by atoms with Gasteiger partial charge in [0.15, 0.2) is 0 Å². The molecule has 2 rings (SSSR count). The van der Waals surface area contributed by atoms with Crippen molar-refractivity contribution in [3.8, 4) is 0 Å². The van der Waals surface area contributed by atoms with Crippen molar-refractivity contribution in [2.75, 3.05) is 19.6 Å². The van der Waals surface area contributed by atoms with Gasteiger partial charge < -0.3 is 10.6 Å². The summed E-state index contributed by atoms with van der Waals surface area (Å²) in [6.45, 7) is 2.09. The molecule has 0 saturated carbocycles. The third-order valence-electron chi connectivity index (χ3n) is 3.89. The van der Waals surface area contributed by atoms with Crippen molar-refractivity contribution in [2.45, 2.75) is 19.3 Å². The average Bonchev–Trinajstić information content (AvgIpc) is 2.49. The Hall–Kier alpha value is -1.66. The van der Waals surface area contributed by atoms with E-state index in [0.29, 0.717) is 31.1 Å². The molecule has 0 spiro atoms. The average molecular weight is 312 g/mol. The van der Waals surface area contributed by atoms with Gasteiger partial charge in [0.2, 0.25) is 5.91 Å². The van der Waals surface area contributed by atoms with Crippen LogP contribution in [0.4, 0.5) is 5.69 Å². The van der Waals surface area contributed by atoms with Gasteiger partial charge in [-0.15, -0.1) is 0 Å². The predicted octanol–water partition coefficient (Wildman–Crippen LogP) is 1.99. The van der Waals surface area contributed by atoms with Crippen molar-refractivity contribution in [3.05, 3.63) is 38.9 Å². The van der Waals surface area contributed by atoms with E-state index < -0.39 is 4.92 Å². The Balaban J connectivity index is 1.98. The summed E-state index contributed by atoms with van der Waals surface area (Å²) >= 11 is 6.01. The summed E-state index contributed by atoms with van der Waals surface area (Å²) in [6, 6.07) is 4.20. The van der Waals surface area contributed by atoms with E-state index in [2.05, 4.69) is 0 Å². The van der Waals surface area contributed by atoms with Crippen LogP contribution in [0.5, 0.6) is 0 Å². The summed E-state index contributed by atoms with van der Waals surface area (Å²) in [5.74, 6) is 0.498. The normalized spacial score (nSPS) is 16.0. The summed E-state index contributed by atoms with van der Waals surface area (Å²) in [4.78, 5) is 24.2. The molecule has 7 heteroatoms. The molecule has 0 aromatic heterocycles. The molecule has 1 aliphatic rings. The van der Waals surface area contributed by atoms with Gasteiger partial charge in [0.1, 0.15) is 0 Å². The second-order valence-electron chi connectivity index (χ2n) is 5.27. The van der Waals surface area contributed by atoms with Crippen LogP contribution in [0.2, 0.25) is 5.02 Å². The van der Waals surface area contributed by atoms with E-state index in [1.54, 1.807) is 6.07 Å². The van der Waals surface area contributed by atoms with Crippen LogP contribution in [0.15, 0.2) is 18.2 Å². The van der Waals surface area contributed by atoms with Crippen LogP contribution in [0.3, 0.4) is 0 Å². The number of carbonyl (C=O) groups excluding carboxylic acids is 1. The summed E-state index contributed by atoms with van der Waals surface area (Å²) in [5, 5.41) is 10.9. The molecule has 1 saturated heterocycles. The number of non-ortho nitro benzene ring substituents is 1. The number of nitrogens with zero attached hydrogens (tertiary/aromatic N) is 2. The van der Waals surface area contributed by atoms with Crippen LogP contribution in [0.1, 0.15) is 18.4 Å². The number of piperidine rings is 1. The summed E-state index contributed by atoms with van der Waals surface area (Å²) < 4.78 is 0. The number of likely N-dealkylation sites (tertiary alicyclic amines) is 1. The number of nitrogens with two attached hydrogens (primary N) is 1. The molecule has 1 aromatic rings. The minimum atomic E-state index is -0.505. The van der Waals surface area contributed by atoms with Gasteiger partial charge in [-0.25, -0.2) is 0 Å². The molecule has 0 radical (unpaired) electrons. The summed E-state index contributed by atoms with van der Waals surface area (Å²) in [6.07, 6.45) is 2.02. The van der Waals surface area contributed by atoms with E-state index >= 15 is 0 Å². The lowest BCUT2D eigenvalue weighted by Gasteiger charge is -2.31. The van der Waals surface area contributed by atoms with Crippen LogP contribution < -0.4 is 5.73 Å². The van der Waals surface area contributed by atoms with Crippen molar-refractivity contribution in [3.63, 3.8) is 0 Å². The number of hydrogen-bond acceptors (Lipinski definition) is 4. The van der Waals surface area contributed by atoms with E-state index in [4.69, 9.17) is 17.3 Å². The Labute approximate surface area is 128 Å². The van der Waals surface area contributed by atoms with E-state index in [1.165, 1.54) is 12.1 Å². The van der Waals surface area contributed by atoms with E-state index in [9.17, 15) is 14.9 Å². The Morgan fingerprint density at radius 1 is 1.43 bits per heavy atom. The second kappa shape index (κ2) is 6.87. The molecule has 1 amide bonds. The number of carbonyl (C=O) groups is 1. The predicted molar refractivity (Wildman–Crippen MR) is 80.2 cm³/mol. The zero-order valence-corrected chi connectivity index (χ0v) is 12.4. The molecule has 1 aromatic carbocycles. The van der Waals surface area contributed by atoms with E-state index in [1.807, 2.05) is 4.90 Å². The molecule has 1 aliphatic heterocycles. The third-order valence-corrected chi connectivity index (χ3v) is 4.24. The highest BCUT2D eigenvalue weighted by molar-refractivity contribution is 6.31. The lowest BCUT2D eigenvalue weighted by Crippen LogP contribution is -2.40. The fourth-order valence-electron chi connectivity index (χ4n) is 2.49. The molecule has 21 heavy (non-hydrogen) atoms. The third kappa shape index (κ3) is 3.92. The molecule has 6 nitrogen and oxygen atoms in total. The first kappa shape index (κ1) is 15.7. The van der Waals surface area contributed by atoms with Crippen molar-refractivity contribution in [2.24, 2.45) is 11.7 Å². The Bertz CT molecular complexity index is 542. The quantitative estimate of drug-likeness (QED) is 0.680. The smallest absolute Gasteiger partial charge is 0.270 e. The van der Waals surface area contributed by atoms with Crippen molar-refractivity contribution >= 4 is 23.2 Å². The van der Waals surface area contributed by atoms with Gasteiger partial charge in [-0.05, 0) is 30.9 Å². The van der Waals surface area contributed by atoms with Gasteiger partial charge in [0.05, 0.1) is 16.4 Å². The Kier molecular flexibility index (Phi) is 5.14. The first-order valence-corrected chi connectivity index (χ1v) is 7.29. The first-order valence-electron chi connectivity index (χ1n) is 6.92. The van der Waals surface area contributed by atoms with Gasteiger partial charge in [0, 0.05) is 25.2 Å². The van der Waals surface area contributed by atoms with Crippen LogP contribution in [0.25, 0.3) is 0 Å². The fourth-order valence-corrected chi connectivity index (χ4v) is 2.73. The van der Waals surface area contributed by atoms with Gasteiger partial charge in [-0.3, -0.25) is 14.9 Å². The molecule has 1 heterocycles. The fraction of sp³-hybridized carbons (Fsp3) is 0.500. The number of benzene rings is 1. The zero-order chi connectivity index (χ0) is 15.4. The number of hydrogen-bond donors (Lipinski definition) is 1. The zero-order valence-electron chi connectivity index (χ0n) is 11.6. The maximum Gasteiger partial charge on any atom is 0.270 e. The van der Waals surface area contributed by atoms with Crippen molar-refractivity contribution in [1.82, 2.24) is 4.90 Å². The van der Waals surface area contributed by atoms with Crippen LogP contribution in [0, 0.1) is 16.0 Å². The molecule has 0 aliphatic carbocycles. The SMILES string of the molecule is NCC1CCN(C(=O)Cc2ccc([N+](=O)[O-])cc2Cl)CC1. The van der Waals surface area contributed by atoms with Crippen molar-refractivity contribution < 1.29 is 9.72 Å². The Morgan fingerprint density at radius 3 is 2.62 bits per heavy atom. The van der Waals surface area contributed by atoms with Gasteiger partial charge >= 0.3 is 0 Å². The lowest BCUT2D eigenvalue weighted by atomic mass is 9.96. The highest BCUT2D eigenvalue weighted by Crippen LogP contribution is 2.24. The monoisotopic (exact) mass is 311 g/mol. The van der Waals surface area contributed by atoms with Crippen molar-refractivity contribution in [1.29, 1.82) is 0 Å². The van der Waals surface area contributed by atoms with Gasteiger partial charge in [-0.1, -0.05) is 17.7 Å². The summed E-state index contributed by atoms with van der Waals surface area (Å²) in [7, 11) is 0. The molecule has 0 bridgehead atoms. The van der Waals surface area contributed by atoms with Crippen LogP contribution >= 0.6 is 11.6 Å². The molecule has 1 fully saturated rings. The maximum atomic E-state index is 12.2. The molecule has 0 atom stereocenters. The highest BCUT2D eigenvalue weighted by Gasteiger charge is 2.22. The molecular weight excluding hydrogens is 294 g/mol. The molecule has 0 unspecified atom stereocenters. The summed E-state index contributed by atoms with van der Waals surface area (Å²) in [5.41, 5.74) is 6.18. The number of nitro benzene ring substituents is 1.